The van der Waals surface area contributed by atoms with E-state index >= 15 is 0 Å². The van der Waals surface area contributed by atoms with Gasteiger partial charge in [0, 0.05) is 16.6 Å². The monoisotopic (exact) mass is 430 g/mol. The Morgan fingerprint density at radius 3 is 2.32 bits per heavy atom. The van der Waals surface area contributed by atoms with Crippen LogP contribution in [0.1, 0.15) is 20.7 Å². The number of fused-ring (bicyclic) bond motifs is 1. The number of benzene rings is 4. The van der Waals surface area contributed by atoms with Gasteiger partial charge in [-0.15, -0.1) is 0 Å². The van der Waals surface area contributed by atoms with Crippen molar-refractivity contribution in [1.29, 1.82) is 0 Å². The summed E-state index contributed by atoms with van der Waals surface area (Å²) in [5.41, 5.74) is 1.81. The summed E-state index contributed by atoms with van der Waals surface area (Å²) >= 11 is 6.25. The second-order valence-corrected chi connectivity index (χ2v) is 7.24. The number of amides is 2. The third-order valence-electron chi connectivity index (χ3n) is 4.84. The number of carbonyl (C=O) groups is 2. The number of hydrogen-bond donors (Lipinski definition) is 2. The molecule has 2 N–H and O–H groups in total. The van der Waals surface area contributed by atoms with Gasteiger partial charge in [-0.05, 0) is 41.8 Å². The van der Waals surface area contributed by atoms with E-state index in [4.69, 9.17) is 16.3 Å². The van der Waals surface area contributed by atoms with Crippen molar-refractivity contribution in [3.63, 3.8) is 0 Å². The van der Waals surface area contributed by atoms with Gasteiger partial charge in [-0.25, -0.2) is 0 Å². The fourth-order valence-corrected chi connectivity index (χ4v) is 3.49. The normalized spacial score (nSPS) is 10.5. The number of carbonyl (C=O) groups excluding carboxylic acids is 2. The van der Waals surface area contributed by atoms with Crippen molar-refractivity contribution in [3.8, 4) is 5.75 Å². The summed E-state index contributed by atoms with van der Waals surface area (Å²) in [4.78, 5) is 25.4. The minimum absolute atomic E-state index is 0.290. The van der Waals surface area contributed by atoms with Crippen LogP contribution in [0.2, 0.25) is 5.02 Å². The Balaban J connectivity index is 1.59. The highest BCUT2D eigenvalue weighted by molar-refractivity contribution is 6.34. The quantitative estimate of drug-likeness (QED) is 0.407. The van der Waals surface area contributed by atoms with Gasteiger partial charge in [0.05, 0.1) is 23.4 Å². The average Bonchev–Trinajstić information content (AvgIpc) is 2.80. The van der Waals surface area contributed by atoms with E-state index in [9.17, 15) is 9.59 Å². The predicted molar refractivity (Wildman–Crippen MR) is 124 cm³/mol. The number of ether oxygens (including phenoxy) is 1. The van der Waals surface area contributed by atoms with Crippen LogP contribution in [-0.4, -0.2) is 18.9 Å². The molecule has 4 aromatic rings. The van der Waals surface area contributed by atoms with Crippen molar-refractivity contribution in [2.75, 3.05) is 17.7 Å². The van der Waals surface area contributed by atoms with Crippen molar-refractivity contribution in [3.05, 3.63) is 101 Å². The first kappa shape index (κ1) is 20.4. The molecule has 31 heavy (non-hydrogen) atoms. The van der Waals surface area contributed by atoms with Gasteiger partial charge >= 0.3 is 0 Å². The predicted octanol–water partition coefficient (Wildman–Crippen LogP) is 6.01. The van der Waals surface area contributed by atoms with E-state index in [1.807, 2.05) is 36.4 Å². The molecule has 0 aliphatic rings. The summed E-state index contributed by atoms with van der Waals surface area (Å²) < 4.78 is 5.52. The molecule has 6 heteroatoms. The smallest absolute Gasteiger partial charge is 0.259 e. The van der Waals surface area contributed by atoms with Gasteiger partial charge in [-0.2, -0.15) is 0 Å². The SMILES string of the molecule is COc1c(C(=O)Nc2ccc(Cl)c(NC(=O)c3ccccc3)c2)ccc2ccccc12. The molecule has 0 heterocycles. The number of methoxy groups -OCH3 is 1. The van der Waals surface area contributed by atoms with Gasteiger partial charge in [-0.1, -0.05) is 60.1 Å². The fraction of sp³-hybridized carbons (Fsp3) is 0.0400. The maximum atomic E-state index is 13.0. The van der Waals surface area contributed by atoms with Gasteiger partial charge < -0.3 is 15.4 Å². The molecule has 0 fully saturated rings. The topological polar surface area (TPSA) is 67.4 Å². The fourth-order valence-electron chi connectivity index (χ4n) is 3.32. The molecule has 0 saturated carbocycles. The lowest BCUT2D eigenvalue weighted by Gasteiger charge is -2.13. The van der Waals surface area contributed by atoms with Crippen molar-refractivity contribution in [2.24, 2.45) is 0 Å². The maximum absolute atomic E-state index is 13.0. The van der Waals surface area contributed by atoms with Crippen LogP contribution in [0.5, 0.6) is 5.75 Å². The number of rotatable bonds is 5. The van der Waals surface area contributed by atoms with E-state index in [2.05, 4.69) is 10.6 Å². The van der Waals surface area contributed by atoms with Crippen LogP contribution < -0.4 is 15.4 Å². The Morgan fingerprint density at radius 2 is 1.55 bits per heavy atom. The Morgan fingerprint density at radius 1 is 0.806 bits per heavy atom. The first-order chi connectivity index (χ1) is 15.1. The highest BCUT2D eigenvalue weighted by Gasteiger charge is 2.16. The van der Waals surface area contributed by atoms with Gasteiger partial charge in [0.2, 0.25) is 0 Å². The molecule has 0 atom stereocenters. The average molecular weight is 431 g/mol. The molecule has 2 amide bonds. The highest BCUT2D eigenvalue weighted by Crippen LogP contribution is 2.31. The molecule has 4 aromatic carbocycles. The van der Waals surface area contributed by atoms with E-state index in [0.29, 0.717) is 33.3 Å². The summed E-state index contributed by atoms with van der Waals surface area (Å²) in [5, 5.41) is 7.83. The van der Waals surface area contributed by atoms with Crippen LogP contribution in [-0.2, 0) is 0 Å². The molecule has 154 valence electrons. The lowest BCUT2D eigenvalue weighted by atomic mass is 10.0. The maximum Gasteiger partial charge on any atom is 0.259 e. The molecule has 0 saturated heterocycles. The lowest BCUT2D eigenvalue weighted by molar-refractivity contribution is 0.101. The van der Waals surface area contributed by atoms with Crippen LogP contribution in [0.25, 0.3) is 10.8 Å². The molecule has 0 radical (unpaired) electrons. The number of halogens is 1. The Labute approximate surface area is 184 Å². The third-order valence-corrected chi connectivity index (χ3v) is 5.17. The van der Waals surface area contributed by atoms with Crippen molar-refractivity contribution < 1.29 is 14.3 Å². The summed E-state index contributed by atoms with van der Waals surface area (Å²) in [6, 6.07) is 25.0. The molecule has 4 rings (SSSR count). The van der Waals surface area contributed by atoms with Crippen molar-refractivity contribution in [1.82, 2.24) is 0 Å². The molecule has 0 spiro atoms. The zero-order chi connectivity index (χ0) is 21.8. The van der Waals surface area contributed by atoms with Crippen LogP contribution in [0.3, 0.4) is 0 Å². The van der Waals surface area contributed by atoms with Crippen LogP contribution in [0.15, 0.2) is 84.9 Å². The molecule has 0 aliphatic carbocycles. The molecular weight excluding hydrogens is 412 g/mol. The van der Waals surface area contributed by atoms with E-state index in [1.54, 1.807) is 48.5 Å². The summed E-state index contributed by atoms with van der Waals surface area (Å²) in [7, 11) is 1.54. The number of nitrogens with one attached hydrogen (secondary N) is 2. The second-order valence-electron chi connectivity index (χ2n) is 6.84. The van der Waals surface area contributed by atoms with Gasteiger partial charge in [-0.3, -0.25) is 9.59 Å². The molecular formula is C25H19ClN2O3. The first-order valence-electron chi connectivity index (χ1n) is 9.60. The van der Waals surface area contributed by atoms with Crippen molar-refractivity contribution in [2.45, 2.75) is 0 Å². The van der Waals surface area contributed by atoms with Crippen LogP contribution in [0.4, 0.5) is 11.4 Å². The summed E-state index contributed by atoms with van der Waals surface area (Å²) in [6.07, 6.45) is 0. The van der Waals surface area contributed by atoms with Crippen LogP contribution in [0, 0.1) is 0 Å². The highest BCUT2D eigenvalue weighted by atomic mass is 35.5. The minimum atomic E-state index is -0.328. The largest absolute Gasteiger partial charge is 0.495 e. The minimum Gasteiger partial charge on any atom is -0.495 e. The van der Waals surface area contributed by atoms with E-state index in [-0.39, 0.29) is 11.8 Å². The Bertz CT molecular complexity index is 1270. The zero-order valence-corrected chi connectivity index (χ0v) is 17.4. The molecule has 5 nitrogen and oxygen atoms in total. The van der Waals surface area contributed by atoms with Gasteiger partial charge in [0.1, 0.15) is 5.75 Å². The third kappa shape index (κ3) is 4.37. The molecule has 0 unspecified atom stereocenters. The Kier molecular flexibility index (Phi) is 5.87. The Hall–Kier alpha value is -3.83. The molecule has 0 aliphatic heterocycles. The van der Waals surface area contributed by atoms with E-state index < -0.39 is 0 Å². The van der Waals surface area contributed by atoms with Gasteiger partial charge in [0.25, 0.3) is 11.8 Å². The zero-order valence-electron chi connectivity index (χ0n) is 16.7. The summed E-state index contributed by atoms with van der Waals surface area (Å²) in [5.74, 6) is -0.116. The molecule has 0 aromatic heterocycles. The van der Waals surface area contributed by atoms with E-state index in [0.717, 1.165) is 10.8 Å². The molecule has 0 bridgehead atoms. The van der Waals surface area contributed by atoms with Gasteiger partial charge in [0.15, 0.2) is 0 Å². The number of anilines is 2. The number of hydrogen-bond acceptors (Lipinski definition) is 3. The lowest BCUT2D eigenvalue weighted by Crippen LogP contribution is -2.15. The van der Waals surface area contributed by atoms with Crippen LogP contribution >= 0.6 is 11.6 Å². The second kappa shape index (κ2) is 8.90. The van der Waals surface area contributed by atoms with Crippen molar-refractivity contribution >= 4 is 45.6 Å². The summed E-state index contributed by atoms with van der Waals surface area (Å²) in [6.45, 7) is 0. The standard InChI is InChI=1S/C25H19ClN2O3/c1-31-23-19-10-6-5-7-16(19)11-13-20(23)25(30)27-18-12-14-21(26)22(15-18)28-24(29)17-8-3-2-4-9-17/h2-15H,1H3,(H,27,30)(H,28,29). The first-order valence-corrected chi connectivity index (χ1v) is 9.97. The van der Waals surface area contributed by atoms with E-state index in [1.165, 1.54) is 7.11 Å².